The van der Waals surface area contributed by atoms with Gasteiger partial charge >= 0.3 is 0 Å². The van der Waals surface area contributed by atoms with Gasteiger partial charge in [-0.3, -0.25) is 14.6 Å². The fraction of sp³-hybridized carbons (Fsp3) is 0.111. The van der Waals surface area contributed by atoms with Gasteiger partial charge in [0.15, 0.2) is 0 Å². The highest BCUT2D eigenvalue weighted by Gasteiger charge is 2.02. The van der Waals surface area contributed by atoms with Crippen LogP contribution in [-0.2, 0) is 6.54 Å². The summed E-state index contributed by atoms with van der Waals surface area (Å²) < 4.78 is 1.56. The van der Waals surface area contributed by atoms with Gasteiger partial charge in [0.05, 0.1) is 12.3 Å². The topological polar surface area (TPSA) is 67.4 Å². The van der Waals surface area contributed by atoms with Crippen molar-refractivity contribution in [3.8, 4) is 17.5 Å². The van der Waals surface area contributed by atoms with Gasteiger partial charge in [-0.1, -0.05) is 0 Å². The van der Waals surface area contributed by atoms with E-state index in [1.807, 2.05) is 6.07 Å². The molecule has 0 radical (unpaired) electrons. The Kier molecular flexibility index (Phi) is 2.19. The summed E-state index contributed by atoms with van der Waals surface area (Å²) >= 11 is 0. The highest BCUT2D eigenvalue weighted by atomic mass is 15.3. The molecular formula is C9H7N5. The SMILES string of the molecule is N#CCn1ccc(-c2cnccn2)n1. The first-order chi connectivity index (χ1) is 6.90. The molecule has 68 valence electrons. The van der Waals surface area contributed by atoms with Crippen molar-refractivity contribution >= 4 is 0 Å². The largest absolute Gasteiger partial charge is 0.261 e. The van der Waals surface area contributed by atoms with E-state index in [-0.39, 0.29) is 6.54 Å². The van der Waals surface area contributed by atoms with Crippen LogP contribution in [0.3, 0.4) is 0 Å². The van der Waals surface area contributed by atoms with Crippen LogP contribution in [0.2, 0.25) is 0 Å². The lowest BCUT2D eigenvalue weighted by molar-refractivity contribution is 0.712. The van der Waals surface area contributed by atoms with Gasteiger partial charge in [-0.25, -0.2) is 0 Å². The summed E-state index contributed by atoms with van der Waals surface area (Å²) in [6.45, 7) is 0.250. The Morgan fingerprint density at radius 1 is 1.36 bits per heavy atom. The van der Waals surface area contributed by atoms with Crippen molar-refractivity contribution in [1.29, 1.82) is 5.26 Å². The molecule has 5 nitrogen and oxygen atoms in total. The summed E-state index contributed by atoms with van der Waals surface area (Å²) in [5, 5.41) is 12.6. The van der Waals surface area contributed by atoms with Crippen molar-refractivity contribution < 1.29 is 0 Å². The van der Waals surface area contributed by atoms with Crippen molar-refractivity contribution in [3.05, 3.63) is 30.9 Å². The highest BCUT2D eigenvalue weighted by Crippen LogP contribution is 2.11. The standard InChI is InChI=1S/C9H7N5/c10-2-6-14-5-1-8(13-14)9-7-11-3-4-12-9/h1,3-5,7H,6H2. The molecule has 0 fully saturated rings. The first-order valence-corrected chi connectivity index (χ1v) is 4.07. The molecule has 5 heteroatoms. The van der Waals surface area contributed by atoms with Crippen LogP contribution < -0.4 is 0 Å². The summed E-state index contributed by atoms with van der Waals surface area (Å²) in [5.41, 5.74) is 1.44. The molecule has 0 unspecified atom stereocenters. The molecule has 0 saturated heterocycles. The molecule has 0 atom stereocenters. The van der Waals surface area contributed by atoms with Gasteiger partial charge in [0.2, 0.25) is 0 Å². The number of hydrogen-bond acceptors (Lipinski definition) is 4. The Morgan fingerprint density at radius 3 is 3.00 bits per heavy atom. The maximum atomic E-state index is 8.46. The minimum Gasteiger partial charge on any atom is -0.261 e. The zero-order valence-electron chi connectivity index (χ0n) is 7.33. The summed E-state index contributed by atoms with van der Waals surface area (Å²) in [6, 6.07) is 3.82. The van der Waals surface area contributed by atoms with Gasteiger partial charge in [-0.05, 0) is 6.07 Å². The second-order valence-electron chi connectivity index (χ2n) is 2.65. The molecule has 2 rings (SSSR count). The zero-order chi connectivity index (χ0) is 9.80. The molecule has 2 aromatic heterocycles. The molecule has 0 spiro atoms. The van der Waals surface area contributed by atoms with Gasteiger partial charge in [-0.2, -0.15) is 10.4 Å². The van der Waals surface area contributed by atoms with E-state index in [1.165, 1.54) is 0 Å². The highest BCUT2D eigenvalue weighted by molar-refractivity contribution is 5.51. The second-order valence-corrected chi connectivity index (χ2v) is 2.65. The van der Waals surface area contributed by atoms with E-state index in [0.717, 1.165) is 5.69 Å². The Balaban J connectivity index is 2.31. The molecule has 0 amide bonds. The van der Waals surface area contributed by atoms with Crippen LogP contribution >= 0.6 is 0 Å². The number of nitrogens with zero attached hydrogens (tertiary/aromatic N) is 5. The molecule has 0 aliphatic heterocycles. The van der Waals surface area contributed by atoms with E-state index >= 15 is 0 Å². The van der Waals surface area contributed by atoms with Crippen LogP contribution in [0.25, 0.3) is 11.4 Å². The van der Waals surface area contributed by atoms with Gasteiger partial charge < -0.3 is 0 Å². The Labute approximate surface area is 80.7 Å². The average molecular weight is 185 g/mol. The Bertz CT molecular complexity index is 454. The van der Waals surface area contributed by atoms with E-state index in [2.05, 4.69) is 15.1 Å². The van der Waals surface area contributed by atoms with Gasteiger partial charge in [0, 0.05) is 18.6 Å². The first-order valence-electron chi connectivity index (χ1n) is 4.07. The average Bonchev–Trinajstić information content (AvgIpc) is 2.68. The molecule has 0 aliphatic carbocycles. The third-order valence-electron chi connectivity index (χ3n) is 1.70. The Hall–Kier alpha value is -2.22. The van der Waals surface area contributed by atoms with E-state index in [0.29, 0.717) is 5.69 Å². The van der Waals surface area contributed by atoms with Gasteiger partial charge in [0.1, 0.15) is 17.9 Å². The van der Waals surface area contributed by atoms with E-state index < -0.39 is 0 Å². The maximum Gasteiger partial charge on any atom is 0.128 e. The molecule has 0 N–H and O–H groups in total. The van der Waals surface area contributed by atoms with Crippen molar-refractivity contribution in [1.82, 2.24) is 19.7 Å². The third-order valence-corrected chi connectivity index (χ3v) is 1.70. The summed E-state index contributed by atoms with van der Waals surface area (Å²) in [4.78, 5) is 8.04. The van der Waals surface area contributed by atoms with Crippen LogP contribution in [0, 0.1) is 11.3 Å². The van der Waals surface area contributed by atoms with E-state index in [1.54, 1.807) is 35.5 Å². The molecule has 0 aliphatic rings. The van der Waals surface area contributed by atoms with Gasteiger partial charge in [0.25, 0.3) is 0 Å². The molecule has 2 heterocycles. The number of nitriles is 1. The van der Waals surface area contributed by atoms with Crippen molar-refractivity contribution in [2.24, 2.45) is 0 Å². The summed E-state index contributed by atoms with van der Waals surface area (Å²) in [6.07, 6.45) is 6.60. The van der Waals surface area contributed by atoms with Crippen LogP contribution in [0.15, 0.2) is 30.9 Å². The molecule has 0 bridgehead atoms. The summed E-state index contributed by atoms with van der Waals surface area (Å²) in [7, 11) is 0. The second kappa shape index (κ2) is 3.66. The lowest BCUT2D eigenvalue weighted by Gasteiger charge is -1.93. The monoisotopic (exact) mass is 185 g/mol. The van der Waals surface area contributed by atoms with Crippen molar-refractivity contribution in [2.75, 3.05) is 0 Å². The predicted molar refractivity (Wildman–Crippen MR) is 48.9 cm³/mol. The van der Waals surface area contributed by atoms with Crippen molar-refractivity contribution in [2.45, 2.75) is 6.54 Å². The number of rotatable bonds is 2. The van der Waals surface area contributed by atoms with Crippen LogP contribution in [0.5, 0.6) is 0 Å². The molecular weight excluding hydrogens is 178 g/mol. The smallest absolute Gasteiger partial charge is 0.128 e. The lowest BCUT2D eigenvalue weighted by atomic mass is 10.3. The number of hydrogen-bond donors (Lipinski definition) is 0. The third kappa shape index (κ3) is 1.59. The minimum atomic E-state index is 0.250. The van der Waals surface area contributed by atoms with Crippen LogP contribution in [0.1, 0.15) is 0 Å². The molecule has 2 aromatic rings. The van der Waals surface area contributed by atoms with E-state index in [9.17, 15) is 0 Å². The first kappa shape index (κ1) is 8.38. The normalized spacial score (nSPS) is 9.64. The van der Waals surface area contributed by atoms with Crippen LogP contribution in [-0.4, -0.2) is 19.7 Å². The zero-order valence-corrected chi connectivity index (χ0v) is 7.33. The molecule has 0 aromatic carbocycles. The molecule has 0 saturated carbocycles. The van der Waals surface area contributed by atoms with Crippen LogP contribution in [0.4, 0.5) is 0 Å². The van der Waals surface area contributed by atoms with Gasteiger partial charge in [-0.15, -0.1) is 0 Å². The van der Waals surface area contributed by atoms with Crippen molar-refractivity contribution in [3.63, 3.8) is 0 Å². The maximum absolute atomic E-state index is 8.46. The number of aromatic nitrogens is 4. The minimum absolute atomic E-state index is 0.250. The fourth-order valence-corrected chi connectivity index (χ4v) is 1.09. The quantitative estimate of drug-likeness (QED) is 0.696. The molecule has 14 heavy (non-hydrogen) atoms. The summed E-state index contributed by atoms with van der Waals surface area (Å²) in [5.74, 6) is 0. The Morgan fingerprint density at radius 2 is 2.29 bits per heavy atom. The predicted octanol–water partition coefficient (Wildman–Crippen LogP) is 0.864. The fourth-order valence-electron chi connectivity index (χ4n) is 1.09. The lowest BCUT2D eigenvalue weighted by Crippen LogP contribution is -1.96. The van der Waals surface area contributed by atoms with E-state index in [4.69, 9.17) is 5.26 Å².